The van der Waals surface area contributed by atoms with Gasteiger partial charge >= 0.3 is 0 Å². The van der Waals surface area contributed by atoms with Crippen molar-refractivity contribution >= 4 is 0 Å². The van der Waals surface area contributed by atoms with Crippen LogP contribution in [0, 0.1) is 0 Å². The minimum absolute atomic E-state index is 0.236. The fourth-order valence-electron chi connectivity index (χ4n) is 3.51. The predicted molar refractivity (Wildman–Crippen MR) is 99.0 cm³/mol. The highest BCUT2D eigenvalue weighted by Crippen LogP contribution is 2.26. The van der Waals surface area contributed by atoms with Crippen LogP contribution < -0.4 is 0 Å². The summed E-state index contributed by atoms with van der Waals surface area (Å²) in [7, 11) is 0. The second-order valence-corrected chi connectivity index (χ2v) is 6.99. The van der Waals surface area contributed by atoms with Gasteiger partial charge in [0.05, 0.1) is 13.1 Å². The van der Waals surface area contributed by atoms with Gasteiger partial charge in [-0.2, -0.15) is 10.2 Å². The van der Waals surface area contributed by atoms with Crippen LogP contribution >= 0.6 is 0 Å². The smallest absolute Gasteiger partial charge is 0.154 e. The van der Waals surface area contributed by atoms with E-state index in [1.54, 1.807) is 0 Å². The summed E-state index contributed by atoms with van der Waals surface area (Å²) in [5.74, 6) is 2.63. The molecule has 0 saturated carbocycles. The standard InChI is InChI=1S/C20H25N5O/c1-16(14-24-11-5-10-21-24)20-22-19(18-8-12-26-13-9-18)23-25(20)15-17-6-3-2-4-7-17/h2-7,10-11,16,18H,8-9,12-15H2,1H3/t16-/m1/s1. The molecular weight excluding hydrogens is 326 g/mol. The normalized spacial score (nSPS) is 16.7. The molecule has 1 aromatic carbocycles. The largest absolute Gasteiger partial charge is 0.381 e. The van der Waals surface area contributed by atoms with Crippen LogP contribution in [0.25, 0.3) is 0 Å². The first-order valence-corrected chi connectivity index (χ1v) is 9.33. The van der Waals surface area contributed by atoms with E-state index >= 15 is 0 Å². The lowest BCUT2D eigenvalue weighted by molar-refractivity contribution is 0.0835. The molecule has 0 unspecified atom stereocenters. The molecular formula is C20H25N5O. The van der Waals surface area contributed by atoms with E-state index in [0.717, 1.165) is 50.8 Å². The molecule has 0 spiro atoms. The summed E-state index contributed by atoms with van der Waals surface area (Å²) in [5.41, 5.74) is 1.24. The van der Waals surface area contributed by atoms with Crippen LogP contribution in [0.4, 0.5) is 0 Å². The average Bonchev–Trinajstić information content (AvgIpc) is 3.33. The quantitative estimate of drug-likeness (QED) is 0.684. The van der Waals surface area contributed by atoms with Gasteiger partial charge in [-0.1, -0.05) is 37.3 Å². The van der Waals surface area contributed by atoms with Gasteiger partial charge < -0.3 is 4.74 Å². The van der Waals surface area contributed by atoms with E-state index in [0.29, 0.717) is 5.92 Å². The minimum atomic E-state index is 0.236. The van der Waals surface area contributed by atoms with Crippen LogP contribution in [-0.4, -0.2) is 37.8 Å². The molecule has 136 valence electrons. The molecule has 0 radical (unpaired) electrons. The van der Waals surface area contributed by atoms with Crippen LogP contribution in [0.5, 0.6) is 0 Å². The Balaban J connectivity index is 1.61. The molecule has 0 amide bonds. The number of nitrogens with zero attached hydrogens (tertiary/aromatic N) is 5. The molecule has 0 aliphatic carbocycles. The highest BCUT2D eigenvalue weighted by atomic mass is 16.5. The van der Waals surface area contributed by atoms with Crippen molar-refractivity contribution in [1.29, 1.82) is 0 Å². The van der Waals surface area contributed by atoms with Gasteiger partial charge in [0.2, 0.25) is 0 Å². The topological polar surface area (TPSA) is 57.8 Å². The maximum atomic E-state index is 5.50. The molecule has 0 N–H and O–H groups in total. The Morgan fingerprint density at radius 1 is 1.15 bits per heavy atom. The Bertz CT molecular complexity index is 806. The molecule has 0 bridgehead atoms. The fraction of sp³-hybridized carbons (Fsp3) is 0.450. The molecule has 6 heteroatoms. The number of rotatable bonds is 6. The third kappa shape index (κ3) is 3.85. The average molecular weight is 351 g/mol. The zero-order chi connectivity index (χ0) is 17.8. The molecule has 3 heterocycles. The van der Waals surface area contributed by atoms with E-state index < -0.39 is 0 Å². The van der Waals surface area contributed by atoms with Gasteiger partial charge in [-0.05, 0) is 24.5 Å². The Morgan fingerprint density at radius 2 is 1.96 bits per heavy atom. The second kappa shape index (κ2) is 7.83. The number of hydrogen-bond acceptors (Lipinski definition) is 4. The first kappa shape index (κ1) is 17.0. The predicted octanol–water partition coefficient (Wildman–Crippen LogP) is 3.22. The van der Waals surface area contributed by atoms with Crippen molar-refractivity contribution in [1.82, 2.24) is 24.5 Å². The third-order valence-corrected chi connectivity index (χ3v) is 4.94. The zero-order valence-electron chi connectivity index (χ0n) is 15.2. The van der Waals surface area contributed by atoms with Gasteiger partial charge in [0.15, 0.2) is 5.82 Å². The molecule has 1 atom stereocenters. The van der Waals surface area contributed by atoms with Crippen molar-refractivity contribution < 1.29 is 4.74 Å². The molecule has 3 aromatic rings. The summed E-state index contributed by atoms with van der Waals surface area (Å²) in [6, 6.07) is 12.4. The zero-order valence-corrected chi connectivity index (χ0v) is 15.2. The van der Waals surface area contributed by atoms with E-state index in [4.69, 9.17) is 14.8 Å². The number of hydrogen-bond donors (Lipinski definition) is 0. The molecule has 1 saturated heterocycles. The molecule has 4 rings (SSSR count). The van der Waals surface area contributed by atoms with Gasteiger partial charge in [-0.25, -0.2) is 9.67 Å². The van der Waals surface area contributed by atoms with Crippen LogP contribution in [0.2, 0.25) is 0 Å². The first-order valence-electron chi connectivity index (χ1n) is 9.33. The van der Waals surface area contributed by atoms with Crippen molar-refractivity contribution in [3.05, 3.63) is 66.0 Å². The highest BCUT2D eigenvalue weighted by Gasteiger charge is 2.24. The van der Waals surface area contributed by atoms with Crippen molar-refractivity contribution in [2.45, 2.75) is 44.7 Å². The van der Waals surface area contributed by atoms with Crippen LogP contribution in [0.3, 0.4) is 0 Å². The summed E-state index contributed by atoms with van der Waals surface area (Å²) < 4.78 is 9.53. The number of aromatic nitrogens is 5. The number of benzene rings is 1. The Morgan fingerprint density at radius 3 is 2.69 bits per heavy atom. The molecule has 6 nitrogen and oxygen atoms in total. The van der Waals surface area contributed by atoms with Gasteiger partial charge in [-0.3, -0.25) is 4.68 Å². The maximum Gasteiger partial charge on any atom is 0.154 e. The van der Waals surface area contributed by atoms with Gasteiger partial charge in [0.1, 0.15) is 5.82 Å². The van der Waals surface area contributed by atoms with Crippen molar-refractivity contribution in [3.63, 3.8) is 0 Å². The van der Waals surface area contributed by atoms with Crippen molar-refractivity contribution in [2.75, 3.05) is 13.2 Å². The summed E-state index contributed by atoms with van der Waals surface area (Å²) in [5, 5.41) is 9.23. The summed E-state index contributed by atoms with van der Waals surface area (Å²) in [6.07, 6.45) is 5.81. The van der Waals surface area contributed by atoms with Crippen molar-refractivity contribution in [2.24, 2.45) is 0 Å². The Hall–Kier alpha value is -2.47. The van der Waals surface area contributed by atoms with Crippen LogP contribution in [0.1, 0.15) is 48.8 Å². The minimum Gasteiger partial charge on any atom is -0.381 e. The Labute approximate surface area is 153 Å². The van der Waals surface area contributed by atoms with Gasteiger partial charge in [0.25, 0.3) is 0 Å². The highest BCUT2D eigenvalue weighted by molar-refractivity contribution is 5.16. The third-order valence-electron chi connectivity index (χ3n) is 4.94. The Kier molecular flexibility index (Phi) is 5.11. The molecule has 1 aliphatic heterocycles. The van der Waals surface area contributed by atoms with Gasteiger partial charge in [-0.15, -0.1) is 0 Å². The van der Waals surface area contributed by atoms with Crippen LogP contribution in [0.15, 0.2) is 48.8 Å². The summed E-state index contributed by atoms with van der Waals surface area (Å²) >= 11 is 0. The molecule has 26 heavy (non-hydrogen) atoms. The lowest BCUT2D eigenvalue weighted by Crippen LogP contribution is -2.15. The lowest BCUT2D eigenvalue weighted by Gasteiger charge is -2.18. The SMILES string of the molecule is C[C@H](Cn1cccn1)c1nc(C2CCOCC2)nn1Cc1ccccc1. The van der Waals surface area contributed by atoms with Crippen molar-refractivity contribution in [3.8, 4) is 0 Å². The fourth-order valence-corrected chi connectivity index (χ4v) is 3.51. The molecule has 1 fully saturated rings. The summed E-state index contributed by atoms with van der Waals surface area (Å²) in [6.45, 7) is 5.34. The number of ether oxygens (including phenoxy) is 1. The monoisotopic (exact) mass is 351 g/mol. The van der Waals surface area contributed by atoms with Crippen LogP contribution in [-0.2, 0) is 17.8 Å². The van der Waals surface area contributed by atoms with E-state index in [-0.39, 0.29) is 5.92 Å². The lowest BCUT2D eigenvalue weighted by atomic mass is 10.00. The summed E-state index contributed by atoms with van der Waals surface area (Å²) in [4.78, 5) is 4.97. The van der Waals surface area contributed by atoms with Gasteiger partial charge in [0, 0.05) is 37.4 Å². The second-order valence-electron chi connectivity index (χ2n) is 6.99. The first-order chi connectivity index (χ1) is 12.8. The molecule has 2 aromatic heterocycles. The van der Waals surface area contributed by atoms with E-state index in [1.807, 2.05) is 29.2 Å². The maximum absolute atomic E-state index is 5.50. The van der Waals surface area contributed by atoms with E-state index in [2.05, 4.69) is 41.0 Å². The molecule has 1 aliphatic rings. The van der Waals surface area contributed by atoms with E-state index in [9.17, 15) is 0 Å². The van der Waals surface area contributed by atoms with E-state index in [1.165, 1.54) is 5.56 Å².